The Labute approximate surface area is 144 Å². The predicted octanol–water partition coefficient (Wildman–Crippen LogP) is 3.76. The van der Waals surface area contributed by atoms with Crippen molar-refractivity contribution in [1.29, 1.82) is 0 Å². The molecule has 2 unspecified atom stereocenters. The van der Waals surface area contributed by atoms with E-state index in [-0.39, 0.29) is 22.4 Å². The second-order valence-electron chi connectivity index (χ2n) is 8.96. The number of hydrogen-bond donors (Lipinski definition) is 1. The maximum Gasteiger partial charge on any atom is 0.161 e. The molecule has 2 saturated carbocycles. The van der Waals surface area contributed by atoms with E-state index in [9.17, 15) is 14.7 Å². The van der Waals surface area contributed by atoms with Gasteiger partial charge in [0.1, 0.15) is 5.60 Å². The van der Waals surface area contributed by atoms with Crippen LogP contribution in [0.15, 0.2) is 23.3 Å². The largest absolute Gasteiger partial charge is 0.381 e. The summed E-state index contributed by atoms with van der Waals surface area (Å²) in [4.78, 5) is 24.0. The summed E-state index contributed by atoms with van der Waals surface area (Å²) < 4.78 is 0. The average molecular weight is 328 g/mol. The molecule has 2 fully saturated rings. The summed E-state index contributed by atoms with van der Waals surface area (Å²) in [5, 5.41) is 11.1. The molecule has 0 heterocycles. The fourth-order valence-electron chi connectivity index (χ4n) is 6.45. The standard InChI is InChI=1S/C21H28O3/c1-13(22)21(24)11-8-18-16-5-4-14-12-15(23)6-9-19(14,2)17(16)7-10-20(18,21)3/h7,12,16,18,24H,4-6,8-11H2,1-3H3/t16?,18?,19-,20-,21-/m0/s1. The van der Waals surface area contributed by atoms with Gasteiger partial charge in [-0.3, -0.25) is 9.59 Å². The van der Waals surface area contributed by atoms with Crippen LogP contribution in [0.4, 0.5) is 0 Å². The first-order chi connectivity index (χ1) is 11.2. The van der Waals surface area contributed by atoms with Crippen LogP contribution in [0.25, 0.3) is 0 Å². The summed E-state index contributed by atoms with van der Waals surface area (Å²) in [5.41, 5.74) is 1.32. The molecular weight excluding hydrogens is 300 g/mol. The Morgan fingerprint density at radius 3 is 2.67 bits per heavy atom. The Morgan fingerprint density at radius 2 is 1.96 bits per heavy atom. The van der Waals surface area contributed by atoms with Crippen LogP contribution < -0.4 is 0 Å². The molecule has 0 aromatic rings. The SMILES string of the molecule is CC(=O)[C@@]1(O)CCC2C3CCC4=CC(=O)CC[C@]4(C)C3=CC[C@@]21C. The van der Waals surface area contributed by atoms with Crippen molar-refractivity contribution in [3.8, 4) is 0 Å². The highest BCUT2D eigenvalue weighted by molar-refractivity contribution is 5.92. The summed E-state index contributed by atoms with van der Waals surface area (Å²) in [6, 6.07) is 0. The Morgan fingerprint density at radius 1 is 1.21 bits per heavy atom. The molecule has 0 bridgehead atoms. The van der Waals surface area contributed by atoms with Gasteiger partial charge in [-0.15, -0.1) is 0 Å². The van der Waals surface area contributed by atoms with Crippen LogP contribution in [0, 0.1) is 22.7 Å². The number of carbonyl (C=O) groups excluding carboxylic acids is 2. The van der Waals surface area contributed by atoms with Gasteiger partial charge in [0.25, 0.3) is 0 Å². The fraction of sp³-hybridized carbons (Fsp3) is 0.714. The van der Waals surface area contributed by atoms with Gasteiger partial charge >= 0.3 is 0 Å². The van der Waals surface area contributed by atoms with E-state index in [0.29, 0.717) is 24.7 Å². The molecular formula is C21H28O3. The first-order valence-corrected chi connectivity index (χ1v) is 9.40. The summed E-state index contributed by atoms with van der Waals surface area (Å²) >= 11 is 0. The smallest absolute Gasteiger partial charge is 0.161 e. The van der Waals surface area contributed by atoms with E-state index in [0.717, 1.165) is 32.1 Å². The van der Waals surface area contributed by atoms with Gasteiger partial charge < -0.3 is 5.11 Å². The molecule has 24 heavy (non-hydrogen) atoms. The molecule has 5 atom stereocenters. The lowest BCUT2D eigenvalue weighted by Gasteiger charge is -2.54. The van der Waals surface area contributed by atoms with Gasteiger partial charge in [0, 0.05) is 17.3 Å². The van der Waals surface area contributed by atoms with E-state index in [1.165, 1.54) is 11.1 Å². The van der Waals surface area contributed by atoms with Crippen molar-refractivity contribution in [3.05, 3.63) is 23.3 Å². The summed E-state index contributed by atoms with van der Waals surface area (Å²) in [6.45, 7) is 5.97. The minimum absolute atomic E-state index is 0.0229. The summed E-state index contributed by atoms with van der Waals surface area (Å²) in [6.07, 6.45) is 10.1. The van der Waals surface area contributed by atoms with Crippen LogP contribution in [0.5, 0.6) is 0 Å². The molecule has 0 saturated heterocycles. The molecule has 4 aliphatic carbocycles. The van der Waals surface area contributed by atoms with Gasteiger partial charge in [-0.25, -0.2) is 0 Å². The monoisotopic (exact) mass is 328 g/mol. The van der Waals surface area contributed by atoms with Crippen LogP contribution in [-0.2, 0) is 9.59 Å². The lowest BCUT2D eigenvalue weighted by Crippen LogP contribution is -2.54. The maximum absolute atomic E-state index is 12.2. The van der Waals surface area contributed by atoms with Gasteiger partial charge in [0.2, 0.25) is 0 Å². The fourth-order valence-corrected chi connectivity index (χ4v) is 6.45. The van der Waals surface area contributed by atoms with Gasteiger partial charge in [0.15, 0.2) is 11.6 Å². The number of carbonyl (C=O) groups is 2. The first-order valence-electron chi connectivity index (χ1n) is 9.40. The van der Waals surface area contributed by atoms with Crippen LogP contribution in [-0.4, -0.2) is 22.3 Å². The summed E-state index contributed by atoms with van der Waals surface area (Å²) in [5.74, 6) is 1.03. The quantitative estimate of drug-likeness (QED) is 0.746. The van der Waals surface area contributed by atoms with Gasteiger partial charge in [-0.2, -0.15) is 0 Å². The number of ketones is 2. The van der Waals surface area contributed by atoms with Gasteiger partial charge in [0.05, 0.1) is 0 Å². The lowest BCUT2D eigenvalue weighted by atomic mass is 9.50. The predicted molar refractivity (Wildman–Crippen MR) is 92.3 cm³/mol. The minimum Gasteiger partial charge on any atom is -0.381 e. The molecule has 0 amide bonds. The van der Waals surface area contributed by atoms with Gasteiger partial charge in [-0.05, 0) is 63.4 Å². The van der Waals surface area contributed by atoms with Crippen LogP contribution in [0.1, 0.15) is 65.7 Å². The van der Waals surface area contributed by atoms with E-state index < -0.39 is 5.60 Å². The van der Waals surface area contributed by atoms with E-state index in [4.69, 9.17) is 0 Å². The van der Waals surface area contributed by atoms with Crippen LogP contribution >= 0.6 is 0 Å². The van der Waals surface area contributed by atoms with E-state index in [2.05, 4.69) is 19.9 Å². The van der Waals surface area contributed by atoms with Gasteiger partial charge in [-0.1, -0.05) is 31.1 Å². The van der Waals surface area contributed by atoms with Crippen molar-refractivity contribution in [3.63, 3.8) is 0 Å². The molecule has 1 N–H and O–H groups in total. The zero-order valence-electron chi connectivity index (χ0n) is 15.0. The lowest BCUT2D eigenvalue weighted by molar-refractivity contribution is -0.150. The number of Topliss-reactive ketones (excluding diaryl/α,β-unsaturated/α-hetero) is 1. The van der Waals surface area contributed by atoms with Crippen molar-refractivity contribution >= 4 is 11.6 Å². The average Bonchev–Trinajstić information content (AvgIpc) is 2.81. The number of fused-ring (bicyclic) bond motifs is 5. The molecule has 130 valence electrons. The number of rotatable bonds is 1. The van der Waals surface area contributed by atoms with Crippen molar-refractivity contribution in [2.45, 2.75) is 71.3 Å². The van der Waals surface area contributed by atoms with Crippen molar-refractivity contribution in [1.82, 2.24) is 0 Å². The topological polar surface area (TPSA) is 54.4 Å². The van der Waals surface area contributed by atoms with E-state index >= 15 is 0 Å². The number of hydrogen-bond acceptors (Lipinski definition) is 3. The number of allylic oxidation sites excluding steroid dienone is 4. The molecule has 0 aromatic heterocycles. The first kappa shape index (κ1) is 16.3. The molecule has 4 rings (SSSR count). The third kappa shape index (κ3) is 1.82. The normalized spacial score (nSPS) is 47.2. The van der Waals surface area contributed by atoms with Crippen molar-refractivity contribution in [2.75, 3.05) is 0 Å². The van der Waals surface area contributed by atoms with Crippen molar-refractivity contribution in [2.24, 2.45) is 22.7 Å². The van der Waals surface area contributed by atoms with E-state index in [1.807, 2.05) is 6.08 Å². The molecule has 0 spiro atoms. The van der Waals surface area contributed by atoms with E-state index in [1.54, 1.807) is 6.92 Å². The molecule has 4 aliphatic rings. The highest BCUT2D eigenvalue weighted by atomic mass is 16.3. The second kappa shape index (κ2) is 4.91. The molecule has 0 radical (unpaired) electrons. The van der Waals surface area contributed by atoms with Crippen LogP contribution in [0.3, 0.4) is 0 Å². The number of aliphatic hydroxyl groups is 1. The molecule has 3 nitrogen and oxygen atoms in total. The zero-order chi connectivity index (χ0) is 17.3. The Balaban J connectivity index is 1.77. The Hall–Kier alpha value is -1.22. The second-order valence-corrected chi connectivity index (χ2v) is 8.96. The zero-order valence-corrected chi connectivity index (χ0v) is 15.0. The highest BCUT2D eigenvalue weighted by Crippen LogP contribution is 2.65. The van der Waals surface area contributed by atoms with Crippen LogP contribution in [0.2, 0.25) is 0 Å². The molecule has 0 aliphatic heterocycles. The highest BCUT2D eigenvalue weighted by Gasteiger charge is 2.63. The third-order valence-corrected chi connectivity index (χ3v) is 8.07. The van der Waals surface area contributed by atoms with Crippen molar-refractivity contribution < 1.29 is 14.7 Å². The summed E-state index contributed by atoms with van der Waals surface area (Å²) in [7, 11) is 0. The molecule has 0 aromatic carbocycles. The Bertz CT molecular complexity index is 687. The minimum atomic E-state index is -1.17. The molecule has 3 heteroatoms. The maximum atomic E-state index is 12.2. The Kier molecular flexibility index (Phi) is 3.32. The third-order valence-electron chi connectivity index (χ3n) is 8.07.